The molecule has 19 heavy (non-hydrogen) atoms. The first-order chi connectivity index (χ1) is 8.96. The molecule has 1 aliphatic carbocycles. The highest BCUT2D eigenvalue weighted by Gasteiger charge is 2.36. The summed E-state index contributed by atoms with van der Waals surface area (Å²) in [5, 5.41) is 10.9. The van der Waals surface area contributed by atoms with E-state index in [0.29, 0.717) is 0 Å². The van der Waals surface area contributed by atoms with Crippen LogP contribution in [0, 0.1) is 18.8 Å². The van der Waals surface area contributed by atoms with Crippen molar-refractivity contribution in [3.63, 3.8) is 0 Å². The summed E-state index contributed by atoms with van der Waals surface area (Å²) in [5.74, 6) is 2.35. The molecule has 0 aromatic heterocycles. The van der Waals surface area contributed by atoms with Crippen molar-refractivity contribution in [2.24, 2.45) is 11.8 Å². The predicted octanol–water partition coefficient (Wildman–Crippen LogP) is 4.04. The summed E-state index contributed by atoms with van der Waals surface area (Å²) >= 11 is 0. The third-order valence-electron chi connectivity index (χ3n) is 4.74. The average molecular weight is 262 g/mol. The molecule has 1 aromatic rings. The molecule has 0 aliphatic heterocycles. The number of methoxy groups -OCH3 is 1. The maximum Gasteiger partial charge on any atom is 0.119 e. The van der Waals surface area contributed by atoms with E-state index < -0.39 is 5.60 Å². The van der Waals surface area contributed by atoms with Crippen LogP contribution in [-0.2, 0) is 5.60 Å². The van der Waals surface area contributed by atoms with Gasteiger partial charge in [-0.25, -0.2) is 0 Å². The summed E-state index contributed by atoms with van der Waals surface area (Å²) in [5.41, 5.74) is 1.57. The van der Waals surface area contributed by atoms with Crippen molar-refractivity contribution in [2.45, 2.75) is 52.1 Å². The first-order valence-corrected chi connectivity index (χ1v) is 7.34. The predicted molar refractivity (Wildman–Crippen MR) is 78.4 cm³/mol. The van der Waals surface area contributed by atoms with Crippen LogP contribution in [0.5, 0.6) is 5.75 Å². The summed E-state index contributed by atoms with van der Waals surface area (Å²) in [6, 6.07) is 6.00. The molecule has 2 nitrogen and oxygen atoms in total. The fourth-order valence-corrected chi connectivity index (χ4v) is 3.34. The molecule has 1 aromatic carbocycles. The molecule has 1 fully saturated rings. The second-order valence-electron chi connectivity index (χ2n) is 6.29. The second-order valence-corrected chi connectivity index (χ2v) is 6.29. The van der Waals surface area contributed by atoms with Gasteiger partial charge >= 0.3 is 0 Å². The SMILES string of the molecule is COc1ccc(C2(O)CCC(C(C)C)CC2)c(C)c1. The molecule has 1 aliphatic rings. The Kier molecular flexibility index (Phi) is 4.19. The Hall–Kier alpha value is -1.02. The molecule has 2 heteroatoms. The molecular weight excluding hydrogens is 236 g/mol. The average Bonchev–Trinajstić information content (AvgIpc) is 2.38. The quantitative estimate of drug-likeness (QED) is 0.891. The van der Waals surface area contributed by atoms with Crippen LogP contribution in [0.3, 0.4) is 0 Å². The minimum Gasteiger partial charge on any atom is -0.497 e. The lowest BCUT2D eigenvalue weighted by Gasteiger charge is -2.38. The van der Waals surface area contributed by atoms with E-state index in [1.165, 1.54) is 0 Å². The van der Waals surface area contributed by atoms with Gasteiger partial charge in [-0.15, -0.1) is 0 Å². The minimum absolute atomic E-state index is 0.637. The zero-order chi connectivity index (χ0) is 14.0. The lowest BCUT2D eigenvalue weighted by Crippen LogP contribution is -2.33. The van der Waals surface area contributed by atoms with Gasteiger partial charge in [-0.2, -0.15) is 0 Å². The lowest BCUT2D eigenvalue weighted by atomic mass is 9.71. The van der Waals surface area contributed by atoms with Gasteiger partial charge in [-0.3, -0.25) is 0 Å². The van der Waals surface area contributed by atoms with Crippen molar-refractivity contribution < 1.29 is 9.84 Å². The standard InChI is InChI=1S/C17H26O2/c1-12(2)14-7-9-17(18,10-8-14)16-6-5-15(19-4)11-13(16)3/h5-6,11-12,14,18H,7-10H2,1-4H3. The molecular formula is C17H26O2. The molecule has 2 rings (SSSR count). The van der Waals surface area contributed by atoms with Crippen LogP contribution in [0.1, 0.15) is 50.7 Å². The van der Waals surface area contributed by atoms with Crippen molar-refractivity contribution in [2.75, 3.05) is 7.11 Å². The van der Waals surface area contributed by atoms with E-state index >= 15 is 0 Å². The number of hydrogen-bond acceptors (Lipinski definition) is 2. The van der Waals surface area contributed by atoms with E-state index in [1.54, 1.807) is 7.11 Å². The van der Waals surface area contributed by atoms with Gasteiger partial charge in [-0.05, 0) is 67.7 Å². The van der Waals surface area contributed by atoms with Crippen LogP contribution >= 0.6 is 0 Å². The van der Waals surface area contributed by atoms with Crippen LogP contribution in [0.4, 0.5) is 0 Å². The highest BCUT2D eigenvalue weighted by Crippen LogP contribution is 2.43. The van der Waals surface area contributed by atoms with Crippen molar-refractivity contribution >= 4 is 0 Å². The minimum atomic E-state index is -0.637. The summed E-state index contributed by atoms with van der Waals surface area (Å²) in [6.45, 7) is 6.63. The highest BCUT2D eigenvalue weighted by molar-refractivity contribution is 5.38. The molecule has 0 heterocycles. The lowest BCUT2D eigenvalue weighted by molar-refractivity contribution is -0.0204. The topological polar surface area (TPSA) is 29.5 Å². The molecule has 106 valence electrons. The maximum atomic E-state index is 10.9. The monoisotopic (exact) mass is 262 g/mol. The van der Waals surface area contributed by atoms with E-state index in [4.69, 9.17) is 4.74 Å². The number of ether oxygens (including phenoxy) is 1. The number of benzene rings is 1. The molecule has 0 unspecified atom stereocenters. The highest BCUT2D eigenvalue weighted by atomic mass is 16.5. The van der Waals surface area contributed by atoms with Gasteiger partial charge < -0.3 is 9.84 Å². The summed E-state index contributed by atoms with van der Waals surface area (Å²) in [7, 11) is 1.68. The number of hydrogen-bond donors (Lipinski definition) is 1. The smallest absolute Gasteiger partial charge is 0.119 e. The normalized spacial score (nSPS) is 27.6. The molecule has 0 radical (unpaired) electrons. The molecule has 0 atom stereocenters. The zero-order valence-corrected chi connectivity index (χ0v) is 12.6. The van der Waals surface area contributed by atoms with E-state index in [0.717, 1.165) is 54.4 Å². The first kappa shape index (κ1) is 14.4. The Bertz CT molecular complexity index is 429. The van der Waals surface area contributed by atoms with E-state index in [2.05, 4.69) is 20.8 Å². The Morgan fingerprint density at radius 1 is 1.26 bits per heavy atom. The second kappa shape index (κ2) is 5.54. The first-order valence-electron chi connectivity index (χ1n) is 7.34. The van der Waals surface area contributed by atoms with Crippen molar-refractivity contribution in [3.05, 3.63) is 29.3 Å². The molecule has 1 saturated carbocycles. The van der Waals surface area contributed by atoms with E-state index in [-0.39, 0.29) is 0 Å². The van der Waals surface area contributed by atoms with Gasteiger partial charge in [0.15, 0.2) is 0 Å². The van der Waals surface area contributed by atoms with Crippen LogP contribution in [-0.4, -0.2) is 12.2 Å². The Morgan fingerprint density at radius 3 is 2.37 bits per heavy atom. The van der Waals surface area contributed by atoms with Crippen LogP contribution in [0.2, 0.25) is 0 Å². The van der Waals surface area contributed by atoms with Crippen LogP contribution < -0.4 is 4.74 Å². The van der Waals surface area contributed by atoms with Crippen LogP contribution in [0.25, 0.3) is 0 Å². The molecule has 0 bridgehead atoms. The molecule has 0 spiro atoms. The zero-order valence-electron chi connectivity index (χ0n) is 12.6. The Labute approximate surface area is 116 Å². The Morgan fingerprint density at radius 2 is 1.89 bits per heavy atom. The van der Waals surface area contributed by atoms with Gasteiger partial charge in [0.1, 0.15) is 5.75 Å². The van der Waals surface area contributed by atoms with Crippen LogP contribution in [0.15, 0.2) is 18.2 Å². The summed E-state index contributed by atoms with van der Waals surface area (Å²) in [6.07, 6.45) is 4.01. The third-order valence-corrected chi connectivity index (χ3v) is 4.74. The van der Waals surface area contributed by atoms with Gasteiger partial charge in [-0.1, -0.05) is 19.9 Å². The third kappa shape index (κ3) is 2.94. The van der Waals surface area contributed by atoms with Gasteiger partial charge in [0.25, 0.3) is 0 Å². The van der Waals surface area contributed by atoms with Gasteiger partial charge in [0.05, 0.1) is 12.7 Å². The number of aliphatic hydroxyl groups is 1. The fraction of sp³-hybridized carbons (Fsp3) is 0.647. The number of rotatable bonds is 3. The van der Waals surface area contributed by atoms with Crippen molar-refractivity contribution in [1.29, 1.82) is 0 Å². The largest absolute Gasteiger partial charge is 0.497 e. The van der Waals surface area contributed by atoms with Gasteiger partial charge in [0, 0.05) is 0 Å². The number of aryl methyl sites for hydroxylation is 1. The molecule has 1 N–H and O–H groups in total. The summed E-state index contributed by atoms with van der Waals surface area (Å²) in [4.78, 5) is 0. The molecule has 0 saturated heterocycles. The van der Waals surface area contributed by atoms with Crippen molar-refractivity contribution in [1.82, 2.24) is 0 Å². The summed E-state index contributed by atoms with van der Waals surface area (Å²) < 4.78 is 5.24. The van der Waals surface area contributed by atoms with E-state index in [9.17, 15) is 5.11 Å². The van der Waals surface area contributed by atoms with E-state index in [1.807, 2.05) is 18.2 Å². The Balaban J connectivity index is 2.18. The maximum absolute atomic E-state index is 10.9. The molecule has 0 amide bonds. The van der Waals surface area contributed by atoms with Gasteiger partial charge in [0.2, 0.25) is 0 Å². The van der Waals surface area contributed by atoms with Crippen molar-refractivity contribution in [3.8, 4) is 5.75 Å². The fourth-order valence-electron chi connectivity index (χ4n) is 3.34.